The van der Waals surface area contributed by atoms with Crippen LogP contribution in [0.15, 0.2) is 170 Å². The summed E-state index contributed by atoms with van der Waals surface area (Å²) in [6.45, 7) is 0. The Bertz CT molecular complexity index is 3030. The number of methoxy groups -OCH3 is 6. The third-order valence-electron chi connectivity index (χ3n) is 10.3. The average Bonchev–Trinajstić information content (AvgIpc) is 3.37. The van der Waals surface area contributed by atoms with Gasteiger partial charge in [-0.25, -0.2) is 0 Å². The van der Waals surface area contributed by atoms with E-state index in [1.807, 2.05) is 91.4 Å². The van der Waals surface area contributed by atoms with Gasteiger partial charge in [-0.05, 0) is 83.7 Å². The van der Waals surface area contributed by atoms with Crippen LogP contribution in [0.2, 0.25) is 0 Å². The van der Waals surface area contributed by atoms with E-state index >= 15 is 0 Å². The standard InChI is InChI=1S/C17H14BrNO2.C17H13BrNO2.C9H5Br2N.C8H11BO4/c1-20-15-4-3-5-16(21-2)17(15)12-6-7-14(18)11-8-9-19-10-13(11)12;1-20-15-4-3-5-16(21-2)17(15)12-6-7-14(18)13-10-19-9-8-11(12)13;10-8-1-2-9(11)7-5-12-4-3-6(7)8;1-12-6-4-3-5-7(13-2)8(6)9(10)11/h3-10H,1-2H3;3-4,6-10H,1-2H3;1-5H;3-5,10-11H,1-2H3/q;+1;;. The van der Waals surface area contributed by atoms with Crippen LogP contribution in [0.3, 0.4) is 0 Å². The number of pyridine rings is 3. The highest BCUT2D eigenvalue weighted by atomic mass is 79.9. The van der Waals surface area contributed by atoms with Crippen molar-refractivity contribution in [3.63, 3.8) is 0 Å². The van der Waals surface area contributed by atoms with E-state index in [4.69, 9.17) is 38.5 Å². The third kappa shape index (κ3) is 11.7. The zero-order chi connectivity index (χ0) is 48.0. The number of hydrogen-bond acceptors (Lipinski definition) is 11. The molecule has 3 heterocycles. The molecule has 0 atom stereocenters. The molecule has 0 bridgehead atoms. The molecule has 9 rings (SSSR count). The minimum Gasteiger partial charge on any atom is -0.497 e. The molecule has 16 heteroatoms. The molecule has 340 valence electrons. The third-order valence-corrected chi connectivity index (χ3v) is 13.0. The number of aromatic nitrogens is 3. The molecule has 1 aliphatic rings. The Morgan fingerprint density at radius 3 is 1.37 bits per heavy atom. The number of rotatable bonds is 9. The van der Waals surface area contributed by atoms with Gasteiger partial charge in [-0.1, -0.05) is 81.9 Å². The van der Waals surface area contributed by atoms with Gasteiger partial charge in [-0.15, -0.1) is 0 Å². The van der Waals surface area contributed by atoms with Gasteiger partial charge < -0.3 is 38.5 Å². The Kier molecular flexibility index (Phi) is 18.3. The van der Waals surface area contributed by atoms with Crippen LogP contribution in [-0.4, -0.2) is 74.8 Å². The van der Waals surface area contributed by atoms with E-state index in [2.05, 4.69) is 90.8 Å². The van der Waals surface area contributed by atoms with Crippen molar-refractivity contribution in [2.75, 3.05) is 42.7 Å². The lowest BCUT2D eigenvalue weighted by Crippen LogP contribution is -2.32. The Hall–Kier alpha value is -5.84. The second kappa shape index (κ2) is 24.3. The van der Waals surface area contributed by atoms with Gasteiger partial charge in [0.25, 0.3) is 0 Å². The lowest BCUT2D eigenvalue weighted by Gasteiger charge is -2.15. The zero-order valence-corrected chi connectivity index (χ0v) is 43.4. The normalized spacial score (nSPS) is 11.4. The molecule has 5 aromatic carbocycles. The Balaban J connectivity index is 0.000000152. The maximum Gasteiger partial charge on any atom is 0.496 e. The van der Waals surface area contributed by atoms with Crippen molar-refractivity contribution >= 4 is 114 Å². The molecule has 0 radical (unpaired) electrons. The van der Waals surface area contributed by atoms with Gasteiger partial charge in [0.1, 0.15) is 29.1 Å². The predicted molar refractivity (Wildman–Crippen MR) is 281 cm³/mol. The highest BCUT2D eigenvalue weighted by molar-refractivity contribution is 9.11. The predicted octanol–water partition coefficient (Wildman–Crippen LogP) is 12.1. The van der Waals surface area contributed by atoms with Crippen molar-refractivity contribution < 1.29 is 38.5 Å². The lowest BCUT2D eigenvalue weighted by atomic mass is 9.78. The molecular weight excluding hydrogens is 1110 g/mol. The number of halogens is 4. The highest BCUT2D eigenvalue weighted by Crippen LogP contribution is 2.43. The molecule has 0 saturated carbocycles. The summed E-state index contributed by atoms with van der Waals surface area (Å²) in [5, 5.41) is 24.7. The average molecular weight is 1160 g/mol. The first-order valence-electron chi connectivity index (χ1n) is 20.1. The number of allylic oxidation sites excluding steroid dienone is 4. The molecule has 0 aliphatic heterocycles. The van der Waals surface area contributed by atoms with E-state index in [-0.39, 0.29) is 5.46 Å². The fraction of sp³-hybridized carbons (Fsp3) is 0.118. The SMILES string of the molecule is Brc1ccc(Br)c2cnccc12.COC1=[C+]C=CC(OC)=C1c1ccc(Br)c2cnccc12.COc1cccc(OC)c1-c1ccc(Br)c2ccncc12.COc1cccc(OC)c1B(O)O. The van der Waals surface area contributed by atoms with Crippen LogP contribution in [0.25, 0.3) is 49.0 Å². The molecule has 0 fully saturated rings. The van der Waals surface area contributed by atoms with Crippen LogP contribution in [0.1, 0.15) is 5.56 Å². The zero-order valence-electron chi connectivity index (χ0n) is 37.1. The van der Waals surface area contributed by atoms with Crippen molar-refractivity contribution in [1.29, 1.82) is 0 Å². The summed E-state index contributed by atoms with van der Waals surface area (Å²) in [7, 11) is 7.94. The summed E-state index contributed by atoms with van der Waals surface area (Å²) >= 11 is 14.1. The van der Waals surface area contributed by atoms with E-state index in [0.29, 0.717) is 17.3 Å². The van der Waals surface area contributed by atoms with Gasteiger partial charge >= 0.3 is 12.9 Å². The second-order valence-electron chi connectivity index (χ2n) is 13.9. The highest BCUT2D eigenvalue weighted by Gasteiger charge is 2.29. The van der Waals surface area contributed by atoms with Crippen LogP contribution in [0, 0.1) is 6.08 Å². The molecule has 67 heavy (non-hydrogen) atoms. The first kappa shape index (κ1) is 50.6. The van der Waals surface area contributed by atoms with E-state index < -0.39 is 7.12 Å². The molecule has 8 aromatic rings. The minimum absolute atomic E-state index is 0.243. The second-order valence-corrected chi connectivity index (χ2v) is 17.3. The van der Waals surface area contributed by atoms with Crippen LogP contribution in [-0.2, 0) is 9.47 Å². The first-order valence-corrected chi connectivity index (χ1v) is 23.3. The summed E-state index contributed by atoms with van der Waals surface area (Å²) in [6.07, 6.45) is 17.7. The van der Waals surface area contributed by atoms with Crippen LogP contribution in [0.4, 0.5) is 0 Å². The summed E-state index contributed by atoms with van der Waals surface area (Å²) in [5.74, 6) is 3.77. The van der Waals surface area contributed by atoms with Crippen molar-refractivity contribution in [1.82, 2.24) is 15.0 Å². The van der Waals surface area contributed by atoms with E-state index in [1.165, 1.54) is 19.6 Å². The molecule has 11 nitrogen and oxygen atoms in total. The van der Waals surface area contributed by atoms with Gasteiger partial charge in [0.05, 0.1) is 71.4 Å². The summed E-state index contributed by atoms with van der Waals surface area (Å²) in [4.78, 5) is 12.5. The van der Waals surface area contributed by atoms with Crippen molar-refractivity contribution in [3.05, 3.63) is 181 Å². The van der Waals surface area contributed by atoms with Crippen LogP contribution >= 0.6 is 63.7 Å². The Morgan fingerprint density at radius 2 is 0.896 bits per heavy atom. The first-order chi connectivity index (χ1) is 32.5. The molecular formula is C51H43BBr4N3O8+. The van der Waals surface area contributed by atoms with Gasteiger partial charge in [0.15, 0.2) is 5.57 Å². The maximum atomic E-state index is 9.04. The smallest absolute Gasteiger partial charge is 0.496 e. The molecule has 0 amide bonds. The number of nitrogens with zero attached hydrogens (tertiary/aromatic N) is 3. The van der Waals surface area contributed by atoms with Crippen LogP contribution < -0.4 is 24.4 Å². The number of hydrogen-bond donors (Lipinski definition) is 2. The Morgan fingerprint density at radius 1 is 0.463 bits per heavy atom. The van der Waals surface area contributed by atoms with Crippen molar-refractivity contribution in [2.24, 2.45) is 0 Å². The van der Waals surface area contributed by atoms with Gasteiger partial charge in [0.2, 0.25) is 5.76 Å². The quantitative estimate of drug-likeness (QED) is 0.106. The fourth-order valence-electron chi connectivity index (χ4n) is 7.16. The maximum absolute atomic E-state index is 9.04. The largest absolute Gasteiger partial charge is 0.497 e. The van der Waals surface area contributed by atoms with Gasteiger partial charge in [-0.3, -0.25) is 15.0 Å². The molecule has 3 aromatic heterocycles. The molecule has 2 N–H and O–H groups in total. The topological polar surface area (TPSA) is 135 Å². The van der Waals surface area contributed by atoms with E-state index in [9.17, 15) is 0 Å². The molecule has 0 saturated heterocycles. The van der Waals surface area contributed by atoms with Gasteiger partial charge in [-0.2, -0.15) is 0 Å². The number of ether oxygens (including phenoxy) is 6. The minimum atomic E-state index is -1.59. The fourth-order valence-corrected chi connectivity index (χ4v) is 9.01. The lowest BCUT2D eigenvalue weighted by molar-refractivity contribution is 0.288. The number of fused-ring (bicyclic) bond motifs is 3. The Labute approximate surface area is 422 Å². The van der Waals surface area contributed by atoms with Crippen molar-refractivity contribution in [2.45, 2.75) is 0 Å². The monoisotopic (exact) mass is 1150 g/mol. The van der Waals surface area contributed by atoms with E-state index in [0.717, 1.165) is 84.3 Å². The number of benzene rings is 5. The summed E-state index contributed by atoms with van der Waals surface area (Å²) < 4.78 is 36.1. The molecule has 0 spiro atoms. The van der Waals surface area contributed by atoms with Crippen LogP contribution in [0.5, 0.6) is 23.0 Å². The summed E-state index contributed by atoms with van der Waals surface area (Å²) in [5.41, 5.74) is 4.14. The van der Waals surface area contributed by atoms with E-state index in [1.54, 1.807) is 71.3 Å². The molecule has 1 aliphatic carbocycles. The molecule has 0 unspecified atom stereocenters. The summed E-state index contributed by atoms with van der Waals surface area (Å²) in [6, 6.07) is 28.9. The van der Waals surface area contributed by atoms with Gasteiger partial charge in [0, 0.05) is 82.0 Å². The van der Waals surface area contributed by atoms with Crippen molar-refractivity contribution in [3.8, 4) is 34.1 Å².